The van der Waals surface area contributed by atoms with Gasteiger partial charge in [0.15, 0.2) is 6.29 Å². The zero-order chi connectivity index (χ0) is 31.8. The molecule has 2 rings (SSSR count). The van der Waals surface area contributed by atoms with Crippen LogP contribution in [-0.2, 0) is 23.7 Å². The number of aliphatic hydroxyl groups excluding tert-OH is 8. The lowest BCUT2D eigenvalue weighted by Crippen LogP contribution is -2.60. The van der Waals surface area contributed by atoms with Crippen LogP contribution in [-0.4, -0.2) is 134 Å². The van der Waals surface area contributed by atoms with Crippen LogP contribution >= 0.6 is 0 Å². The van der Waals surface area contributed by atoms with Crippen molar-refractivity contribution in [3.63, 3.8) is 0 Å². The molecule has 2 fully saturated rings. The van der Waals surface area contributed by atoms with Crippen molar-refractivity contribution in [1.29, 1.82) is 0 Å². The molecule has 43 heavy (non-hydrogen) atoms. The molecule has 0 aromatic rings. The van der Waals surface area contributed by atoms with Gasteiger partial charge in [-0.15, -0.1) is 0 Å². The van der Waals surface area contributed by atoms with E-state index in [1.165, 1.54) is 44.9 Å². The van der Waals surface area contributed by atoms with Crippen molar-refractivity contribution in [2.75, 3.05) is 19.8 Å². The predicted molar refractivity (Wildman–Crippen MR) is 154 cm³/mol. The Kier molecular flexibility index (Phi) is 18.6. The van der Waals surface area contributed by atoms with Crippen molar-refractivity contribution in [2.24, 2.45) is 0 Å². The van der Waals surface area contributed by atoms with Gasteiger partial charge in [0, 0.05) is 6.42 Å². The minimum absolute atomic E-state index is 0.187. The van der Waals surface area contributed by atoms with E-state index in [4.69, 9.17) is 24.1 Å². The van der Waals surface area contributed by atoms with Gasteiger partial charge in [0.25, 0.3) is 0 Å². The first kappa shape index (κ1) is 38.2. The van der Waals surface area contributed by atoms with Gasteiger partial charge in [-0.3, -0.25) is 4.79 Å². The minimum atomic E-state index is -1.89. The van der Waals surface area contributed by atoms with Crippen LogP contribution in [0, 0.1) is 0 Å². The highest BCUT2D eigenvalue weighted by Crippen LogP contribution is 2.32. The van der Waals surface area contributed by atoms with E-state index < -0.39 is 80.9 Å². The van der Waals surface area contributed by atoms with Gasteiger partial charge >= 0.3 is 5.97 Å². The van der Waals surface area contributed by atoms with Gasteiger partial charge in [0.2, 0.25) is 0 Å². The summed E-state index contributed by atoms with van der Waals surface area (Å²) < 4.78 is 21.6. The van der Waals surface area contributed by atoms with Crippen LogP contribution < -0.4 is 0 Å². The van der Waals surface area contributed by atoms with Crippen molar-refractivity contribution < 1.29 is 64.6 Å². The zero-order valence-electron chi connectivity index (χ0n) is 25.5. The van der Waals surface area contributed by atoms with E-state index >= 15 is 0 Å². The molecule has 0 aromatic heterocycles. The zero-order valence-corrected chi connectivity index (χ0v) is 25.5. The van der Waals surface area contributed by atoms with Crippen LogP contribution in [0.4, 0.5) is 0 Å². The van der Waals surface area contributed by atoms with Crippen molar-refractivity contribution >= 4 is 5.97 Å². The fourth-order valence-corrected chi connectivity index (χ4v) is 5.25. The van der Waals surface area contributed by atoms with Crippen molar-refractivity contribution in [3.05, 3.63) is 0 Å². The number of carbonyl (C=O) groups is 1. The summed E-state index contributed by atoms with van der Waals surface area (Å²) in [5.41, 5.74) is 0. The molecule has 8 N–H and O–H groups in total. The molecule has 13 nitrogen and oxygen atoms in total. The van der Waals surface area contributed by atoms with Crippen LogP contribution in [0.25, 0.3) is 0 Å². The second-order valence-electron chi connectivity index (χ2n) is 11.9. The number of unbranched alkanes of at least 4 members (excludes halogenated alkanes) is 9. The van der Waals surface area contributed by atoms with Gasteiger partial charge in [0.1, 0.15) is 55.4 Å². The SMILES string of the molecule is CCCCCCCCC1OC1CCCCCCCC(=O)OCC1O[C@H](OC[C@@H](O)[C@@H](O)[C@H](O)C(O)CO)C(O)[C@@H](O)[C@@H]1O. The summed E-state index contributed by atoms with van der Waals surface area (Å²) in [6.45, 7) is 0.279. The van der Waals surface area contributed by atoms with Crippen molar-refractivity contribution in [1.82, 2.24) is 0 Å². The molecule has 0 spiro atoms. The molecule has 2 saturated heterocycles. The van der Waals surface area contributed by atoms with E-state index in [0.29, 0.717) is 18.6 Å². The topological polar surface area (TPSA) is 219 Å². The molecule has 5 unspecified atom stereocenters. The molecule has 2 aliphatic heterocycles. The lowest BCUT2D eigenvalue weighted by molar-refractivity contribution is -0.307. The minimum Gasteiger partial charge on any atom is -0.463 e. The summed E-state index contributed by atoms with van der Waals surface area (Å²) in [4.78, 5) is 12.2. The number of epoxide rings is 1. The fourth-order valence-electron chi connectivity index (χ4n) is 5.25. The number of rotatable bonds is 24. The lowest BCUT2D eigenvalue weighted by Gasteiger charge is -2.40. The smallest absolute Gasteiger partial charge is 0.305 e. The molecule has 2 heterocycles. The molecule has 11 atom stereocenters. The van der Waals surface area contributed by atoms with E-state index in [2.05, 4.69) is 6.92 Å². The standard InChI is InChI=1S/C30H56O13/c1-2-3-4-5-7-10-13-21-22(42-21)14-11-8-6-9-12-15-24(34)40-18-23-27(37)28(38)29(39)30(43-23)41-17-20(33)26(36)25(35)19(32)16-31/h19-23,25-33,35-39H,2-18H2,1H3/t19?,20-,21?,22?,23?,25-,26-,27-,28+,29?,30+/m1/s1. The summed E-state index contributed by atoms with van der Waals surface area (Å²) in [5, 5.41) is 78.4. The average molecular weight is 625 g/mol. The monoisotopic (exact) mass is 624 g/mol. The second-order valence-corrected chi connectivity index (χ2v) is 11.9. The number of ether oxygens (including phenoxy) is 4. The maximum Gasteiger partial charge on any atom is 0.305 e. The van der Waals surface area contributed by atoms with Gasteiger partial charge in [-0.1, -0.05) is 71.1 Å². The lowest BCUT2D eigenvalue weighted by atomic mass is 9.99. The van der Waals surface area contributed by atoms with E-state index in [9.17, 15) is 40.5 Å². The van der Waals surface area contributed by atoms with Crippen LogP contribution in [0.5, 0.6) is 0 Å². The largest absolute Gasteiger partial charge is 0.463 e. The van der Waals surface area contributed by atoms with E-state index in [-0.39, 0.29) is 6.42 Å². The molecule has 0 aliphatic carbocycles. The Labute approximate surface area is 254 Å². The van der Waals surface area contributed by atoms with Gasteiger partial charge in [0.05, 0.1) is 25.4 Å². The van der Waals surface area contributed by atoms with Gasteiger partial charge in [-0.25, -0.2) is 0 Å². The summed E-state index contributed by atoms with van der Waals surface area (Å²) >= 11 is 0. The van der Waals surface area contributed by atoms with Crippen LogP contribution in [0.3, 0.4) is 0 Å². The Balaban J connectivity index is 1.55. The summed E-state index contributed by atoms with van der Waals surface area (Å²) in [7, 11) is 0. The highest BCUT2D eigenvalue weighted by atomic mass is 16.7. The Hall–Kier alpha value is -0.970. The molecule has 0 saturated carbocycles. The number of esters is 1. The second kappa shape index (κ2) is 20.9. The highest BCUT2D eigenvalue weighted by molar-refractivity contribution is 5.69. The molecular weight excluding hydrogens is 568 g/mol. The Morgan fingerprint density at radius 1 is 0.698 bits per heavy atom. The maximum absolute atomic E-state index is 12.2. The Morgan fingerprint density at radius 2 is 1.26 bits per heavy atom. The third-order valence-corrected chi connectivity index (χ3v) is 8.23. The van der Waals surface area contributed by atoms with Crippen LogP contribution in [0.2, 0.25) is 0 Å². The quantitative estimate of drug-likeness (QED) is 0.0404. The van der Waals surface area contributed by atoms with E-state index in [0.717, 1.165) is 32.1 Å². The first-order valence-corrected chi connectivity index (χ1v) is 16.1. The number of hydrogen-bond donors (Lipinski definition) is 8. The number of hydrogen-bond acceptors (Lipinski definition) is 13. The molecule has 0 bridgehead atoms. The Bertz CT molecular complexity index is 743. The summed E-state index contributed by atoms with van der Waals surface area (Å²) in [6, 6.07) is 0. The first-order valence-electron chi connectivity index (χ1n) is 16.1. The Morgan fingerprint density at radius 3 is 1.86 bits per heavy atom. The normalized spacial score (nSPS) is 30.0. The van der Waals surface area contributed by atoms with Crippen molar-refractivity contribution in [3.8, 4) is 0 Å². The third-order valence-electron chi connectivity index (χ3n) is 8.23. The van der Waals surface area contributed by atoms with Crippen molar-refractivity contribution in [2.45, 2.75) is 164 Å². The molecule has 0 amide bonds. The highest BCUT2D eigenvalue weighted by Gasteiger charge is 2.45. The van der Waals surface area contributed by atoms with Gasteiger partial charge in [-0.05, 0) is 19.3 Å². The molecule has 2 aliphatic rings. The molecule has 254 valence electrons. The van der Waals surface area contributed by atoms with Crippen LogP contribution in [0.1, 0.15) is 96.8 Å². The first-order chi connectivity index (χ1) is 20.6. The van der Waals surface area contributed by atoms with Gasteiger partial charge < -0.3 is 59.8 Å². The molecular formula is C30H56O13. The maximum atomic E-state index is 12.2. The fraction of sp³-hybridized carbons (Fsp3) is 0.967. The molecule has 0 radical (unpaired) electrons. The predicted octanol–water partition coefficient (Wildman–Crippen LogP) is 0.0384. The average Bonchev–Trinajstić information content (AvgIpc) is 3.76. The molecule has 0 aromatic carbocycles. The number of aliphatic hydroxyl groups is 8. The van der Waals surface area contributed by atoms with Gasteiger partial charge in [-0.2, -0.15) is 0 Å². The third kappa shape index (κ3) is 13.9. The van der Waals surface area contributed by atoms with Crippen LogP contribution in [0.15, 0.2) is 0 Å². The van der Waals surface area contributed by atoms with E-state index in [1.54, 1.807) is 0 Å². The van der Waals surface area contributed by atoms with E-state index in [1.807, 2.05) is 0 Å². The summed E-state index contributed by atoms with van der Waals surface area (Å²) in [6.07, 6.45) is 0.824. The summed E-state index contributed by atoms with van der Waals surface area (Å²) in [5.74, 6) is -0.493. The molecule has 13 heteroatoms. The number of carbonyl (C=O) groups excluding carboxylic acids is 1.